The van der Waals surface area contributed by atoms with Crippen molar-refractivity contribution in [2.24, 2.45) is 0 Å². The van der Waals surface area contributed by atoms with Gasteiger partial charge in [0, 0.05) is 25.4 Å². The number of nitrogens with zero attached hydrogens (tertiary/aromatic N) is 2. The molecule has 0 fully saturated rings. The van der Waals surface area contributed by atoms with Crippen molar-refractivity contribution in [3.63, 3.8) is 0 Å². The molecular formula is C13H14N2O3. The number of hydrogen-bond donors (Lipinski definition) is 1. The van der Waals surface area contributed by atoms with Gasteiger partial charge in [-0.3, -0.25) is 0 Å². The van der Waals surface area contributed by atoms with Gasteiger partial charge in [0.05, 0.1) is 12.5 Å². The van der Waals surface area contributed by atoms with Gasteiger partial charge in [0.2, 0.25) is 0 Å². The largest absolute Gasteiger partial charge is 0.478 e. The molecule has 0 unspecified atom stereocenters. The third-order valence-electron chi connectivity index (χ3n) is 2.71. The Hall–Kier alpha value is -2.30. The number of aromatic nitrogens is 1. The zero-order valence-corrected chi connectivity index (χ0v) is 10.3. The van der Waals surface area contributed by atoms with Crippen LogP contribution in [0.15, 0.2) is 35.3 Å². The summed E-state index contributed by atoms with van der Waals surface area (Å²) in [5.74, 6) is -0.502. The first-order chi connectivity index (χ1) is 8.59. The van der Waals surface area contributed by atoms with E-state index in [4.69, 9.17) is 4.42 Å². The van der Waals surface area contributed by atoms with Crippen molar-refractivity contribution in [2.75, 3.05) is 11.9 Å². The van der Waals surface area contributed by atoms with Gasteiger partial charge in [-0.15, -0.1) is 0 Å². The molecule has 0 aliphatic rings. The summed E-state index contributed by atoms with van der Waals surface area (Å²) in [4.78, 5) is 17.2. The molecule has 2 heterocycles. The van der Waals surface area contributed by atoms with E-state index in [2.05, 4.69) is 4.98 Å². The zero-order valence-electron chi connectivity index (χ0n) is 10.3. The van der Waals surface area contributed by atoms with Gasteiger partial charge in [0.25, 0.3) is 0 Å². The van der Waals surface area contributed by atoms with Gasteiger partial charge in [-0.25, -0.2) is 9.78 Å². The molecule has 0 aliphatic carbocycles. The number of carboxylic acids is 1. The van der Waals surface area contributed by atoms with Crippen molar-refractivity contribution in [3.8, 4) is 0 Å². The number of hydrogen-bond acceptors (Lipinski definition) is 4. The maximum atomic E-state index is 11.3. The first-order valence-electron chi connectivity index (χ1n) is 5.50. The van der Waals surface area contributed by atoms with Gasteiger partial charge in [0.15, 0.2) is 0 Å². The second-order valence-corrected chi connectivity index (χ2v) is 4.12. The summed E-state index contributed by atoms with van der Waals surface area (Å²) in [5.41, 5.74) is 1.91. The minimum Gasteiger partial charge on any atom is -0.478 e. The first-order valence-corrected chi connectivity index (χ1v) is 5.50. The molecule has 0 saturated heterocycles. The van der Waals surface area contributed by atoms with Crippen molar-refractivity contribution in [1.29, 1.82) is 0 Å². The third kappa shape index (κ3) is 2.34. The number of carboxylic acid groups (broad SMARTS) is 1. The van der Waals surface area contributed by atoms with Crippen molar-refractivity contribution in [1.82, 2.24) is 4.98 Å². The molecule has 0 aliphatic heterocycles. The Kier molecular flexibility index (Phi) is 3.32. The second-order valence-electron chi connectivity index (χ2n) is 4.12. The third-order valence-corrected chi connectivity index (χ3v) is 2.71. The Labute approximate surface area is 105 Å². The van der Waals surface area contributed by atoms with Crippen molar-refractivity contribution in [2.45, 2.75) is 13.5 Å². The Bertz CT molecular complexity index is 549. The summed E-state index contributed by atoms with van der Waals surface area (Å²) < 4.78 is 4.99. The topological polar surface area (TPSA) is 66.6 Å². The molecule has 0 atom stereocenters. The van der Waals surface area contributed by atoms with Gasteiger partial charge < -0.3 is 14.4 Å². The number of aryl methyl sites for hydroxylation is 1. The van der Waals surface area contributed by atoms with Gasteiger partial charge in [-0.2, -0.15) is 0 Å². The van der Waals surface area contributed by atoms with Gasteiger partial charge in [-0.05, 0) is 24.6 Å². The minimum atomic E-state index is -0.963. The SMILES string of the molecule is Cc1ccnc(N(C)Cc2ccoc2)c1C(=O)O. The van der Waals surface area contributed by atoms with Crippen LogP contribution in [0.1, 0.15) is 21.5 Å². The van der Waals surface area contributed by atoms with E-state index in [1.807, 2.05) is 6.07 Å². The molecule has 0 amide bonds. The number of furan rings is 1. The molecule has 2 aromatic heterocycles. The van der Waals surface area contributed by atoms with Crippen LogP contribution in [0.3, 0.4) is 0 Å². The smallest absolute Gasteiger partial charge is 0.339 e. The van der Waals surface area contributed by atoms with Crippen molar-refractivity contribution < 1.29 is 14.3 Å². The lowest BCUT2D eigenvalue weighted by molar-refractivity contribution is 0.0696. The lowest BCUT2D eigenvalue weighted by atomic mass is 10.1. The first kappa shape index (κ1) is 12.2. The van der Waals surface area contributed by atoms with E-state index >= 15 is 0 Å². The van der Waals surface area contributed by atoms with Crippen LogP contribution in [0, 0.1) is 6.92 Å². The number of rotatable bonds is 4. The molecule has 2 aromatic rings. The molecule has 0 spiro atoms. The average molecular weight is 246 g/mol. The monoisotopic (exact) mass is 246 g/mol. The highest BCUT2D eigenvalue weighted by atomic mass is 16.4. The van der Waals surface area contributed by atoms with Crippen LogP contribution in [0.2, 0.25) is 0 Å². The van der Waals surface area contributed by atoms with Crippen molar-refractivity contribution in [3.05, 3.63) is 47.5 Å². The van der Waals surface area contributed by atoms with E-state index in [0.29, 0.717) is 17.9 Å². The quantitative estimate of drug-likeness (QED) is 0.896. The number of anilines is 1. The minimum absolute atomic E-state index is 0.239. The normalized spacial score (nSPS) is 10.3. The van der Waals surface area contributed by atoms with Crippen LogP contribution in [-0.4, -0.2) is 23.1 Å². The molecule has 0 saturated carbocycles. The molecule has 5 heteroatoms. The fourth-order valence-electron chi connectivity index (χ4n) is 1.83. The summed E-state index contributed by atoms with van der Waals surface area (Å²) in [5, 5.41) is 9.24. The Morgan fingerprint density at radius 3 is 2.89 bits per heavy atom. The number of pyridine rings is 1. The van der Waals surface area contributed by atoms with Crippen LogP contribution in [-0.2, 0) is 6.54 Å². The summed E-state index contributed by atoms with van der Waals surface area (Å²) in [6.07, 6.45) is 4.83. The van der Waals surface area contributed by atoms with E-state index in [9.17, 15) is 9.90 Å². The van der Waals surface area contributed by atoms with E-state index in [1.54, 1.807) is 43.7 Å². The molecule has 18 heavy (non-hydrogen) atoms. The summed E-state index contributed by atoms with van der Waals surface area (Å²) in [7, 11) is 1.81. The standard InChI is InChI=1S/C13H14N2O3/c1-9-3-5-14-12(11(9)13(16)17)15(2)7-10-4-6-18-8-10/h3-6,8H,7H2,1-2H3,(H,16,17). The highest BCUT2D eigenvalue weighted by Gasteiger charge is 2.17. The van der Waals surface area contributed by atoms with Crippen LogP contribution < -0.4 is 4.90 Å². The Morgan fingerprint density at radius 2 is 2.28 bits per heavy atom. The summed E-state index contributed by atoms with van der Waals surface area (Å²) in [6.45, 7) is 2.31. The molecule has 1 N–H and O–H groups in total. The number of carbonyl (C=O) groups is 1. The molecule has 2 rings (SSSR count). The van der Waals surface area contributed by atoms with Crippen LogP contribution in [0.5, 0.6) is 0 Å². The Balaban J connectivity index is 2.32. The number of aromatic carboxylic acids is 1. The van der Waals surface area contributed by atoms with Crippen molar-refractivity contribution >= 4 is 11.8 Å². The molecule has 5 nitrogen and oxygen atoms in total. The highest BCUT2D eigenvalue weighted by molar-refractivity contribution is 5.94. The summed E-state index contributed by atoms with van der Waals surface area (Å²) >= 11 is 0. The molecule has 94 valence electrons. The fourth-order valence-corrected chi connectivity index (χ4v) is 1.83. The zero-order chi connectivity index (χ0) is 13.1. The van der Waals surface area contributed by atoms with E-state index in [-0.39, 0.29) is 5.56 Å². The maximum Gasteiger partial charge on any atom is 0.339 e. The molecule has 0 bridgehead atoms. The molecule has 0 radical (unpaired) electrons. The fraction of sp³-hybridized carbons (Fsp3) is 0.231. The van der Waals surface area contributed by atoms with Crippen LogP contribution in [0.25, 0.3) is 0 Å². The highest BCUT2D eigenvalue weighted by Crippen LogP contribution is 2.21. The lowest BCUT2D eigenvalue weighted by Crippen LogP contribution is -2.21. The Morgan fingerprint density at radius 1 is 1.50 bits per heavy atom. The van der Waals surface area contributed by atoms with E-state index in [0.717, 1.165) is 5.56 Å². The maximum absolute atomic E-state index is 11.3. The second kappa shape index (κ2) is 4.91. The predicted molar refractivity (Wildman–Crippen MR) is 66.7 cm³/mol. The lowest BCUT2D eigenvalue weighted by Gasteiger charge is -2.20. The average Bonchev–Trinajstić information content (AvgIpc) is 2.80. The van der Waals surface area contributed by atoms with Gasteiger partial charge >= 0.3 is 5.97 Å². The van der Waals surface area contributed by atoms with Gasteiger partial charge in [0.1, 0.15) is 11.4 Å². The van der Waals surface area contributed by atoms with E-state index in [1.165, 1.54) is 0 Å². The van der Waals surface area contributed by atoms with Crippen LogP contribution in [0.4, 0.5) is 5.82 Å². The van der Waals surface area contributed by atoms with E-state index < -0.39 is 5.97 Å². The molecule has 0 aromatic carbocycles. The summed E-state index contributed by atoms with van der Waals surface area (Å²) in [6, 6.07) is 3.53. The predicted octanol–water partition coefficient (Wildman–Crippen LogP) is 2.32. The molecular weight excluding hydrogens is 232 g/mol. The van der Waals surface area contributed by atoms with Gasteiger partial charge in [-0.1, -0.05) is 0 Å². The van der Waals surface area contributed by atoms with Crippen LogP contribution >= 0.6 is 0 Å².